The summed E-state index contributed by atoms with van der Waals surface area (Å²) in [5, 5.41) is 9.97. The van der Waals surface area contributed by atoms with E-state index in [1.807, 2.05) is 0 Å². The van der Waals surface area contributed by atoms with Gasteiger partial charge in [0.1, 0.15) is 0 Å². The highest BCUT2D eigenvalue weighted by Gasteiger charge is 2.66. The molecule has 4 aliphatic carbocycles. The highest BCUT2D eigenvalue weighted by Crippen LogP contribution is 2.74. The minimum absolute atomic E-state index is 0.203. The van der Waals surface area contributed by atoms with Crippen molar-refractivity contribution in [2.45, 2.75) is 59.3 Å². The summed E-state index contributed by atoms with van der Waals surface area (Å²) in [6.45, 7) is 7.69. The first kappa shape index (κ1) is 11.1. The Labute approximate surface area is 99.6 Å². The smallest absolute Gasteiger partial charge is 0.0492 e. The van der Waals surface area contributed by atoms with Crippen LogP contribution in [0.25, 0.3) is 0 Å². The van der Waals surface area contributed by atoms with E-state index in [4.69, 9.17) is 0 Å². The SMILES string of the molecule is C[C@H]1CCC2C13CCC(C)(CC3)[C@@]2(C)CO. The van der Waals surface area contributed by atoms with E-state index in [1.54, 1.807) is 0 Å². The number of fused-ring (bicyclic) bond motifs is 2. The lowest BCUT2D eigenvalue weighted by atomic mass is 9.39. The van der Waals surface area contributed by atoms with E-state index in [1.165, 1.54) is 38.5 Å². The van der Waals surface area contributed by atoms with Crippen molar-refractivity contribution < 1.29 is 5.11 Å². The molecule has 0 radical (unpaired) electrons. The van der Waals surface area contributed by atoms with Gasteiger partial charge in [-0.1, -0.05) is 20.8 Å². The summed E-state index contributed by atoms with van der Waals surface area (Å²) in [7, 11) is 0. The molecule has 1 N–H and O–H groups in total. The van der Waals surface area contributed by atoms with Crippen molar-refractivity contribution in [3.05, 3.63) is 0 Å². The summed E-state index contributed by atoms with van der Waals surface area (Å²) in [6.07, 6.45) is 8.34. The van der Waals surface area contributed by atoms with E-state index in [0.29, 0.717) is 17.4 Å². The molecule has 16 heavy (non-hydrogen) atoms. The molecule has 0 amide bonds. The Hall–Kier alpha value is -0.0400. The fourth-order valence-electron chi connectivity index (χ4n) is 5.69. The lowest BCUT2D eigenvalue weighted by Crippen LogP contribution is -2.60. The van der Waals surface area contributed by atoms with Crippen LogP contribution in [0.4, 0.5) is 0 Å². The normalized spacial score (nSPS) is 60.0. The van der Waals surface area contributed by atoms with Gasteiger partial charge in [0, 0.05) is 6.61 Å². The summed E-state index contributed by atoms with van der Waals surface area (Å²) >= 11 is 0. The molecule has 1 heteroatoms. The molecule has 4 fully saturated rings. The third-order valence-corrected chi connectivity index (χ3v) is 7.32. The maximum Gasteiger partial charge on any atom is 0.0492 e. The van der Waals surface area contributed by atoms with Gasteiger partial charge in [0.2, 0.25) is 0 Å². The molecule has 0 heterocycles. The molecule has 0 saturated heterocycles. The van der Waals surface area contributed by atoms with Crippen molar-refractivity contribution in [3.63, 3.8) is 0 Å². The summed E-state index contributed by atoms with van der Waals surface area (Å²) in [6, 6.07) is 0. The number of hydrogen-bond acceptors (Lipinski definition) is 1. The average Bonchev–Trinajstić information content (AvgIpc) is 2.61. The van der Waals surface area contributed by atoms with E-state index in [2.05, 4.69) is 20.8 Å². The molecule has 2 bridgehead atoms. The first-order chi connectivity index (χ1) is 7.48. The molecule has 92 valence electrons. The van der Waals surface area contributed by atoms with Gasteiger partial charge < -0.3 is 5.11 Å². The highest BCUT2D eigenvalue weighted by atomic mass is 16.3. The van der Waals surface area contributed by atoms with Gasteiger partial charge in [-0.2, -0.15) is 0 Å². The van der Waals surface area contributed by atoms with Gasteiger partial charge >= 0.3 is 0 Å². The molecule has 0 aromatic carbocycles. The Morgan fingerprint density at radius 2 is 1.69 bits per heavy atom. The van der Waals surface area contributed by atoms with Crippen molar-refractivity contribution in [1.29, 1.82) is 0 Å². The standard InChI is InChI=1S/C15H26O/c1-11-4-5-12-14(3,10-16)13(2)6-8-15(11,12)9-7-13/h11-12,16H,4-10H2,1-3H3/t11-,12?,13?,14-,15?/m0/s1. The molecule has 4 rings (SSSR count). The van der Waals surface area contributed by atoms with Crippen molar-refractivity contribution in [1.82, 2.24) is 0 Å². The molecular weight excluding hydrogens is 196 g/mol. The van der Waals surface area contributed by atoms with Crippen molar-refractivity contribution in [2.24, 2.45) is 28.1 Å². The quantitative estimate of drug-likeness (QED) is 0.718. The van der Waals surface area contributed by atoms with Crippen LogP contribution in [0.1, 0.15) is 59.3 Å². The Morgan fingerprint density at radius 3 is 2.25 bits per heavy atom. The molecule has 0 aromatic rings. The largest absolute Gasteiger partial charge is 0.396 e. The topological polar surface area (TPSA) is 20.2 Å². The van der Waals surface area contributed by atoms with Crippen LogP contribution in [0.5, 0.6) is 0 Å². The van der Waals surface area contributed by atoms with Crippen LogP contribution in [0.2, 0.25) is 0 Å². The number of aliphatic hydroxyl groups excluding tert-OH is 1. The molecule has 1 nitrogen and oxygen atoms in total. The molecule has 4 aliphatic rings. The van der Waals surface area contributed by atoms with Gasteiger partial charge in [-0.15, -0.1) is 0 Å². The van der Waals surface area contributed by atoms with Crippen molar-refractivity contribution in [3.8, 4) is 0 Å². The molecule has 4 saturated carbocycles. The maximum atomic E-state index is 9.97. The zero-order chi connectivity index (χ0) is 11.6. The summed E-state index contributed by atoms with van der Waals surface area (Å²) < 4.78 is 0. The Kier molecular flexibility index (Phi) is 2.11. The van der Waals surface area contributed by atoms with Gasteiger partial charge in [0.05, 0.1) is 0 Å². The van der Waals surface area contributed by atoms with E-state index in [-0.39, 0.29) is 5.41 Å². The summed E-state index contributed by atoms with van der Waals surface area (Å²) in [5.74, 6) is 1.70. The van der Waals surface area contributed by atoms with Crippen molar-refractivity contribution >= 4 is 0 Å². The average molecular weight is 222 g/mol. The van der Waals surface area contributed by atoms with Crippen LogP contribution < -0.4 is 0 Å². The zero-order valence-electron chi connectivity index (χ0n) is 11.1. The van der Waals surface area contributed by atoms with Gasteiger partial charge in [-0.3, -0.25) is 0 Å². The molecule has 0 aromatic heterocycles. The number of rotatable bonds is 1. The highest BCUT2D eigenvalue weighted by molar-refractivity contribution is 5.15. The van der Waals surface area contributed by atoms with Crippen LogP contribution in [-0.2, 0) is 0 Å². The second-order valence-electron chi connectivity index (χ2n) is 7.40. The lowest BCUT2D eigenvalue weighted by Gasteiger charge is -2.66. The van der Waals surface area contributed by atoms with Gasteiger partial charge in [-0.05, 0) is 66.6 Å². The van der Waals surface area contributed by atoms with Crippen molar-refractivity contribution in [2.75, 3.05) is 6.61 Å². The summed E-state index contributed by atoms with van der Waals surface area (Å²) in [4.78, 5) is 0. The number of hydrogen-bond donors (Lipinski definition) is 1. The zero-order valence-corrected chi connectivity index (χ0v) is 11.1. The second kappa shape index (κ2) is 3.04. The van der Waals surface area contributed by atoms with Gasteiger partial charge in [0.15, 0.2) is 0 Å². The van der Waals surface area contributed by atoms with Crippen LogP contribution >= 0.6 is 0 Å². The third-order valence-electron chi connectivity index (χ3n) is 7.32. The predicted octanol–water partition coefficient (Wildman–Crippen LogP) is 3.61. The van der Waals surface area contributed by atoms with E-state index < -0.39 is 0 Å². The molecule has 0 aliphatic heterocycles. The fourth-order valence-corrected chi connectivity index (χ4v) is 5.69. The molecule has 3 atom stereocenters. The predicted molar refractivity (Wildman–Crippen MR) is 66.1 cm³/mol. The van der Waals surface area contributed by atoms with E-state index >= 15 is 0 Å². The van der Waals surface area contributed by atoms with Crippen LogP contribution in [-0.4, -0.2) is 11.7 Å². The minimum atomic E-state index is 0.203. The molecular formula is C15H26O. The Morgan fingerprint density at radius 1 is 1.06 bits per heavy atom. The second-order valence-corrected chi connectivity index (χ2v) is 7.40. The minimum Gasteiger partial charge on any atom is -0.396 e. The van der Waals surface area contributed by atoms with Gasteiger partial charge in [-0.25, -0.2) is 0 Å². The Bertz CT molecular complexity index is 301. The number of aliphatic hydroxyl groups is 1. The first-order valence-electron chi connectivity index (χ1n) is 7.09. The van der Waals surface area contributed by atoms with E-state index in [9.17, 15) is 5.11 Å². The van der Waals surface area contributed by atoms with E-state index in [0.717, 1.165) is 11.8 Å². The summed E-state index contributed by atoms with van der Waals surface area (Å²) in [5.41, 5.74) is 1.22. The monoisotopic (exact) mass is 222 g/mol. The van der Waals surface area contributed by atoms with Crippen LogP contribution in [0.15, 0.2) is 0 Å². The molecule has 1 spiro atoms. The third kappa shape index (κ3) is 0.978. The van der Waals surface area contributed by atoms with Crippen LogP contribution in [0.3, 0.4) is 0 Å². The lowest BCUT2D eigenvalue weighted by molar-refractivity contribution is -0.187. The fraction of sp³-hybridized carbons (Fsp3) is 1.00. The first-order valence-corrected chi connectivity index (χ1v) is 7.09. The van der Waals surface area contributed by atoms with Crippen LogP contribution in [0, 0.1) is 28.1 Å². The maximum absolute atomic E-state index is 9.97. The Balaban J connectivity index is 2.08. The van der Waals surface area contributed by atoms with Gasteiger partial charge in [0.25, 0.3) is 0 Å². The molecule has 1 unspecified atom stereocenters.